The van der Waals surface area contributed by atoms with Gasteiger partial charge in [-0.25, -0.2) is 18.4 Å². The van der Waals surface area contributed by atoms with Gasteiger partial charge in [0.1, 0.15) is 22.8 Å². The van der Waals surface area contributed by atoms with E-state index in [9.17, 15) is 8.78 Å². The van der Waals surface area contributed by atoms with E-state index in [1.807, 2.05) is 0 Å². The van der Waals surface area contributed by atoms with Gasteiger partial charge in [0.25, 0.3) is 0 Å². The molecule has 3 aromatic heterocycles. The molecule has 0 aliphatic heterocycles. The molecule has 5 nitrogen and oxygen atoms in total. The monoisotopic (exact) mass is 386 g/mol. The van der Waals surface area contributed by atoms with Crippen LogP contribution < -0.4 is 0 Å². The number of rotatable bonds is 3. The minimum absolute atomic E-state index is 0.249. The summed E-state index contributed by atoms with van der Waals surface area (Å²) in [5, 5.41) is 7.94. The Morgan fingerprint density at radius 2 is 1.38 bits per heavy atom. The lowest BCUT2D eigenvalue weighted by atomic mass is 9.96. The lowest BCUT2D eigenvalue weighted by molar-refractivity contribution is 0.315. The van der Waals surface area contributed by atoms with Crippen molar-refractivity contribution in [2.24, 2.45) is 0 Å². The van der Waals surface area contributed by atoms with E-state index in [0.29, 0.717) is 27.9 Å². The number of hydrogen-bond acceptors (Lipinski definition) is 5. The van der Waals surface area contributed by atoms with Crippen LogP contribution in [-0.2, 0) is 0 Å². The normalized spacial score (nSPS) is 11.1. The van der Waals surface area contributed by atoms with E-state index in [-0.39, 0.29) is 16.8 Å². The van der Waals surface area contributed by atoms with Crippen molar-refractivity contribution < 1.29 is 13.4 Å². The quantitative estimate of drug-likeness (QED) is 0.421. The highest BCUT2D eigenvalue weighted by molar-refractivity contribution is 6.04. The lowest BCUT2D eigenvalue weighted by Crippen LogP contribution is -1.98. The first-order valence-corrected chi connectivity index (χ1v) is 8.80. The molecule has 0 fully saturated rings. The standard InChI is InChI=1S/C22H12F2N4O/c23-16-9-3-1-7-14(16)18-19(13-6-5-11-25-12-13)26-20(22-21(18)27-29-28-22)15-8-2-4-10-17(15)24/h1-12H. The van der Waals surface area contributed by atoms with Gasteiger partial charge in [-0.15, -0.1) is 0 Å². The van der Waals surface area contributed by atoms with E-state index < -0.39 is 11.6 Å². The summed E-state index contributed by atoms with van der Waals surface area (Å²) < 4.78 is 34.2. The maximum absolute atomic E-state index is 14.7. The Hall–Kier alpha value is -4.00. The molecule has 0 amide bonds. The van der Waals surface area contributed by atoms with Crippen LogP contribution in [0.5, 0.6) is 0 Å². The zero-order valence-electron chi connectivity index (χ0n) is 14.9. The number of aromatic nitrogens is 4. The van der Waals surface area contributed by atoms with Crippen molar-refractivity contribution in [3.05, 3.63) is 84.7 Å². The Balaban J connectivity index is 1.93. The summed E-state index contributed by atoms with van der Waals surface area (Å²) in [6.07, 6.45) is 3.23. The van der Waals surface area contributed by atoms with Crippen LogP contribution in [0.15, 0.2) is 77.7 Å². The van der Waals surface area contributed by atoms with Crippen molar-refractivity contribution in [2.75, 3.05) is 0 Å². The SMILES string of the molecule is Fc1ccccc1-c1nc(-c2cccnc2)c(-c2ccccc2F)c2nonc12. The maximum Gasteiger partial charge on any atom is 0.162 e. The highest BCUT2D eigenvalue weighted by Gasteiger charge is 2.24. The van der Waals surface area contributed by atoms with Crippen molar-refractivity contribution in [3.63, 3.8) is 0 Å². The molecule has 140 valence electrons. The van der Waals surface area contributed by atoms with Crippen LogP contribution in [0.3, 0.4) is 0 Å². The first-order valence-electron chi connectivity index (χ1n) is 8.80. The third-order valence-electron chi connectivity index (χ3n) is 4.62. The first-order chi connectivity index (χ1) is 14.2. The average molecular weight is 386 g/mol. The Kier molecular flexibility index (Phi) is 4.05. The van der Waals surface area contributed by atoms with Gasteiger partial charge in [0, 0.05) is 34.6 Å². The zero-order valence-corrected chi connectivity index (χ0v) is 14.9. The van der Waals surface area contributed by atoms with Gasteiger partial charge in [-0.1, -0.05) is 30.3 Å². The van der Waals surface area contributed by atoms with Gasteiger partial charge in [0.2, 0.25) is 0 Å². The minimum Gasteiger partial charge on any atom is -0.264 e. The first kappa shape index (κ1) is 17.1. The minimum atomic E-state index is -0.458. The molecule has 0 atom stereocenters. The summed E-state index contributed by atoms with van der Waals surface area (Å²) in [6.45, 7) is 0. The summed E-state index contributed by atoms with van der Waals surface area (Å²) in [5.41, 5.74) is 2.80. The second-order valence-electron chi connectivity index (χ2n) is 6.35. The molecule has 0 radical (unpaired) electrons. The van der Waals surface area contributed by atoms with E-state index in [2.05, 4.69) is 20.3 Å². The summed E-state index contributed by atoms with van der Waals surface area (Å²) >= 11 is 0. The third-order valence-corrected chi connectivity index (χ3v) is 4.62. The van der Waals surface area contributed by atoms with Crippen molar-refractivity contribution in [1.82, 2.24) is 20.3 Å². The molecule has 7 heteroatoms. The van der Waals surface area contributed by atoms with Crippen molar-refractivity contribution in [1.29, 1.82) is 0 Å². The second-order valence-corrected chi connectivity index (χ2v) is 6.35. The van der Waals surface area contributed by atoms with Crippen LogP contribution in [0.25, 0.3) is 44.7 Å². The molecule has 0 saturated heterocycles. The fraction of sp³-hybridized carbons (Fsp3) is 0. The molecule has 29 heavy (non-hydrogen) atoms. The van der Waals surface area contributed by atoms with Gasteiger partial charge in [-0.3, -0.25) is 4.98 Å². The Labute approximate surface area is 163 Å². The second kappa shape index (κ2) is 6.87. The molecule has 0 unspecified atom stereocenters. The molecular formula is C22H12F2N4O. The number of fused-ring (bicyclic) bond motifs is 1. The highest BCUT2D eigenvalue weighted by atomic mass is 19.1. The summed E-state index contributed by atoms with van der Waals surface area (Å²) in [4.78, 5) is 8.82. The van der Waals surface area contributed by atoms with E-state index in [1.54, 1.807) is 60.9 Å². The number of benzene rings is 2. The van der Waals surface area contributed by atoms with Crippen molar-refractivity contribution in [3.8, 4) is 33.6 Å². The van der Waals surface area contributed by atoms with Crippen LogP contribution in [0.2, 0.25) is 0 Å². The number of hydrogen-bond donors (Lipinski definition) is 0. The van der Waals surface area contributed by atoms with Gasteiger partial charge in [-0.05, 0) is 40.6 Å². The highest BCUT2D eigenvalue weighted by Crippen LogP contribution is 2.40. The number of pyridine rings is 2. The zero-order chi connectivity index (χ0) is 19.8. The molecule has 0 aliphatic rings. The van der Waals surface area contributed by atoms with E-state index in [1.165, 1.54) is 12.1 Å². The molecule has 0 N–H and O–H groups in total. The van der Waals surface area contributed by atoms with E-state index in [0.717, 1.165) is 0 Å². The topological polar surface area (TPSA) is 64.7 Å². The summed E-state index contributed by atoms with van der Waals surface area (Å²) in [7, 11) is 0. The Bertz CT molecular complexity index is 1340. The van der Waals surface area contributed by atoms with Crippen LogP contribution in [0, 0.1) is 11.6 Å². The number of nitrogens with zero attached hydrogens (tertiary/aromatic N) is 4. The van der Waals surface area contributed by atoms with Gasteiger partial charge in [0.15, 0.2) is 5.52 Å². The van der Waals surface area contributed by atoms with Crippen LogP contribution in [0.4, 0.5) is 8.78 Å². The Morgan fingerprint density at radius 3 is 2.07 bits per heavy atom. The van der Waals surface area contributed by atoms with E-state index in [4.69, 9.17) is 4.63 Å². The summed E-state index contributed by atoms with van der Waals surface area (Å²) in [5.74, 6) is -0.900. The third kappa shape index (κ3) is 2.84. The van der Waals surface area contributed by atoms with E-state index >= 15 is 0 Å². The Morgan fingerprint density at radius 1 is 0.690 bits per heavy atom. The molecule has 0 saturated carbocycles. The van der Waals surface area contributed by atoms with Gasteiger partial charge >= 0.3 is 0 Å². The van der Waals surface area contributed by atoms with Crippen LogP contribution in [0.1, 0.15) is 0 Å². The largest absolute Gasteiger partial charge is 0.264 e. The molecule has 5 rings (SSSR count). The van der Waals surface area contributed by atoms with Gasteiger partial charge in [0.05, 0.1) is 5.69 Å². The fourth-order valence-electron chi connectivity index (χ4n) is 3.31. The molecule has 5 aromatic rings. The summed E-state index contributed by atoms with van der Waals surface area (Å²) in [6, 6.07) is 16.1. The predicted octanol–water partition coefficient (Wildman–Crippen LogP) is 5.29. The van der Waals surface area contributed by atoms with Crippen LogP contribution >= 0.6 is 0 Å². The average Bonchev–Trinajstić information content (AvgIpc) is 3.24. The fourth-order valence-corrected chi connectivity index (χ4v) is 3.31. The molecule has 0 spiro atoms. The van der Waals surface area contributed by atoms with Crippen LogP contribution in [-0.4, -0.2) is 20.3 Å². The molecule has 3 heterocycles. The molecule has 0 bridgehead atoms. The molecular weight excluding hydrogens is 374 g/mol. The van der Waals surface area contributed by atoms with Gasteiger partial charge in [-0.2, -0.15) is 0 Å². The molecule has 0 aliphatic carbocycles. The maximum atomic E-state index is 14.7. The van der Waals surface area contributed by atoms with Crippen molar-refractivity contribution in [2.45, 2.75) is 0 Å². The predicted molar refractivity (Wildman–Crippen MR) is 104 cm³/mol. The number of halogens is 2. The van der Waals surface area contributed by atoms with Crippen molar-refractivity contribution >= 4 is 11.0 Å². The lowest BCUT2D eigenvalue weighted by Gasteiger charge is -2.13. The van der Waals surface area contributed by atoms with Gasteiger partial charge < -0.3 is 0 Å². The smallest absolute Gasteiger partial charge is 0.162 e. The molecule has 2 aromatic carbocycles.